The van der Waals surface area contributed by atoms with Crippen LogP contribution in [0.25, 0.3) is 0 Å². The van der Waals surface area contributed by atoms with Gasteiger partial charge in [-0.05, 0) is 25.3 Å². The number of carbonyl (C=O) groups is 2. The maximum Gasteiger partial charge on any atom is 0.257 e. The van der Waals surface area contributed by atoms with Crippen molar-refractivity contribution in [3.63, 3.8) is 0 Å². The van der Waals surface area contributed by atoms with Crippen molar-refractivity contribution in [1.82, 2.24) is 20.2 Å². The zero-order valence-electron chi connectivity index (χ0n) is 16.1. The van der Waals surface area contributed by atoms with E-state index in [2.05, 4.69) is 34.3 Å². The molecule has 2 aliphatic rings. The lowest BCUT2D eigenvalue weighted by atomic mass is 9.80. The molecule has 2 amide bonds. The van der Waals surface area contributed by atoms with Gasteiger partial charge >= 0.3 is 0 Å². The maximum atomic E-state index is 12.7. The molecular formula is C21H24N4O3. The van der Waals surface area contributed by atoms with Crippen molar-refractivity contribution in [3.8, 4) is 0 Å². The fourth-order valence-electron chi connectivity index (χ4n) is 4.06. The minimum atomic E-state index is -0.548. The molecule has 28 heavy (non-hydrogen) atoms. The molecule has 0 unspecified atom stereocenters. The molecule has 1 N–H and O–H groups in total. The molecule has 0 spiro atoms. The number of carbonyl (C=O) groups excluding carboxylic acids is 2. The third-order valence-electron chi connectivity index (χ3n) is 5.61. The molecule has 7 nitrogen and oxygen atoms in total. The number of likely N-dealkylation sites (tertiary alicyclic amines) is 1. The molecule has 4 rings (SSSR count). The Kier molecular flexibility index (Phi) is 4.63. The van der Waals surface area contributed by atoms with E-state index in [9.17, 15) is 9.59 Å². The summed E-state index contributed by atoms with van der Waals surface area (Å²) in [6.07, 6.45) is 6.15. The Morgan fingerprint density at radius 2 is 1.93 bits per heavy atom. The van der Waals surface area contributed by atoms with Crippen LogP contribution < -0.4 is 5.32 Å². The Morgan fingerprint density at radius 3 is 2.54 bits per heavy atom. The van der Waals surface area contributed by atoms with Crippen LogP contribution in [0.5, 0.6) is 0 Å². The van der Waals surface area contributed by atoms with Gasteiger partial charge in [0.2, 0.25) is 5.91 Å². The average molecular weight is 380 g/mol. The van der Waals surface area contributed by atoms with E-state index in [1.54, 1.807) is 4.90 Å². The second kappa shape index (κ2) is 6.98. The molecule has 1 saturated carbocycles. The van der Waals surface area contributed by atoms with Crippen LogP contribution in [0.15, 0.2) is 43.0 Å². The highest BCUT2D eigenvalue weighted by molar-refractivity contribution is 5.94. The summed E-state index contributed by atoms with van der Waals surface area (Å²) in [6.45, 7) is 4.90. The molecule has 7 heteroatoms. The lowest BCUT2D eigenvalue weighted by molar-refractivity contribution is -0.135. The van der Waals surface area contributed by atoms with Crippen LogP contribution in [0.2, 0.25) is 0 Å². The second-order valence-electron chi connectivity index (χ2n) is 7.82. The van der Waals surface area contributed by atoms with Crippen LogP contribution in [0, 0.1) is 6.92 Å². The summed E-state index contributed by atoms with van der Waals surface area (Å²) in [5.41, 5.74) is 1.77. The van der Waals surface area contributed by atoms with Crippen molar-refractivity contribution < 1.29 is 14.3 Å². The van der Waals surface area contributed by atoms with Gasteiger partial charge in [0.15, 0.2) is 0 Å². The highest BCUT2D eigenvalue weighted by atomic mass is 16.5. The standard InChI is InChI=1S/C21H24N4O3/c1-15-4-3-5-17(8-15)11-28-21(6-7-21)20(24-16(2)26)12-25(13-20)19(27)18-9-22-14-23-10-18/h3-5,8-10,14H,6-7,11-13H2,1-2H3,(H,24,26). The van der Waals surface area contributed by atoms with E-state index >= 15 is 0 Å². The third kappa shape index (κ3) is 3.38. The molecule has 146 valence electrons. The van der Waals surface area contributed by atoms with Crippen molar-refractivity contribution in [1.29, 1.82) is 0 Å². The van der Waals surface area contributed by atoms with Crippen LogP contribution in [0.3, 0.4) is 0 Å². The zero-order chi connectivity index (χ0) is 19.8. The molecule has 2 fully saturated rings. The molecule has 1 saturated heterocycles. The number of hydrogen-bond donors (Lipinski definition) is 1. The quantitative estimate of drug-likeness (QED) is 0.827. The maximum absolute atomic E-state index is 12.7. The number of benzene rings is 1. The minimum absolute atomic E-state index is 0.111. The Morgan fingerprint density at radius 1 is 1.21 bits per heavy atom. The van der Waals surface area contributed by atoms with E-state index in [-0.39, 0.29) is 11.8 Å². The summed E-state index contributed by atoms with van der Waals surface area (Å²) < 4.78 is 6.35. The minimum Gasteiger partial charge on any atom is -0.368 e. The number of nitrogens with one attached hydrogen (secondary N) is 1. The smallest absolute Gasteiger partial charge is 0.257 e. The van der Waals surface area contributed by atoms with Crippen LogP contribution in [-0.4, -0.2) is 50.9 Å². The number of nitrogens with zero attached hydrogens (tertiary/aromatic N) is 3. The summed E-state index contributed by atoms with van der Waals surface area (Å²) in [5, 5.41) is 3.09. The van der Waals surface area contributed by atoms with Gasteiger partial charge in [0.05, 0.1) is 17.8 Å². The van der Waals surface area contributed by atoms with Gasteiger partial charge in [-0.1, -0.05) is 29.8 Å². The molecule has 2 heterocycles. The number of aryl methyl sites for hydroxylation is 1. The van der Waals surface area contributed by atoms with Crippen LogP contribution in [-0.2, 0) is 16.1 Å². The Hall–Kier alpha value is -2.80. The highest BCUT2D eigenvalue weighted by Gasteiger charge is 2.67. The van der Waals surface area contributed by atoms with Crippen molar-refractivity contribution in [2.45, 2.75) is 44.4 Å². The van der Waals surface area contributed by atoms with E-state index in [0.29, 0.717) is 25.3 Å². The van der Waals surface area contributed by atoms with Gasteiger partial charge < -0.3 is 15.0 Å². The summed E-state index contributed by atoms with van der Waals surface area (Å²) in [5.74, 6) is -0.239. The number of aromatic nitrogens is 2. The molecule has 0 radical (unpaired) electrons. The van der Waals surface area contributed by atoms with E-state index < -0.39 is 11.1 Å². The number of rotatable bonds is 6. The van der Waals surface area contributed by atoms with Gasteiger partial charge in [0.1, 0.15) is 11.9 Å². The van der Waals surface area contributed by atoms with E-state index in [4.69, 9.17) is 4.74 Å². The fraction of sp³-hybridized carbons (Fsp3) is 0.429. The summed E-state index contributed by atoms with van der Waals surface area (Å²) >= 11 is 0. The van der Waals surface area contributed by atoms with Gasteiger partial charge in [-0.2, -0.15) is 0 Å². The number of amides is 2. The lowest BCUT2D eigenvalue weighted by Crippen LogP contribution is -2.77. The van der Waals surface area contributed by atoms with Crippen molar-refractivity contribution in [2.24, 2.45) is 0 Å². The molecule has 0 atom stereocenters. The molecule has 0 bridgehead atoms. The first kappa shape index (κ1) is 18.6. The molecular weight excluding hydrogens is 356 g/mol. The molecule has 2 aromatic rings. The Balaban J connectivity index is 1.48. The third-order valence-corrected chi connectivity index (χ3v) is 5.61. The molecule has 1 aromatic heterocycles. The van der Waals surface area contributed by atoms with Gasteiger partial charge in [-0.25, -0.2) is 9.97 Å². The first-order chi connectivity index (χ1) is 13.4. The summed E-state index contributed by atoms with van der Waals surface area (Å²) in [6, 6.07) is 8.22. The van der Waals surface area contributed by atoms with Crippen molar-refractivity contribution in [2.75, 3.05) is 13.1 Å². The van der Waals surface area contributed by atoms with Crippen LogP contribution in [0.1, 0.15) is 41.3 Å². The van der Waals surface area contributed by atoms with Crippen molar-refractivity contribution >= 4 is 11.8 Å². The zero-order valence-corrected chi connectivity index (χ0v) is 16.1. The molecule has 1 aliphatic carbocycles. The van der Waals surface area contributed by atoms with Gasteiger partial charge in [0, 0.05) is 32.4 Å². The first-order valence-corrected chi connectivity index (χ1v) is 9.46. The molecule has 1 aliphatic heterocycles. The Labute approximate surface area is 164 Å². The average Bonchev–Trinajstić information content (AvgIpc) is 3.44. The predicted octanol–water partition coefficient (Wildman–Crippen LogP) is 1.87. The molecule has 1 aromatic carbocycles. The number of hydrogen-bond acceptors (Lipinski definition) is 5. The van der Waals surface area contributed by atoms with Gasteiger partial charge in [-0.3, -0.25) is 9.59 Å². The topological polar surface area (TPSA) is 84.4 Å². The summed E-state index contributed by atoms with van der Waals surface area (Å²) in [4.78, 5) is 34.1. The normalized spacial score (nSPS) is 18.9. The van der Waals surface area contributed by atoms with Gasteiger partial charge in [-0.15, -0.1) is 0 Å². The van der Waals surface area contributed by atoms with E-state index in [0.717, 1.165) is 18.4 Å². The van der Waals surface area contributed by atoms with E-state index in [1.165, 1.54) is 31.2 Å². The second-order valence-corrected chi connectivity index (χ2v) is 7.82. The largest absolute Gasteiger partial charge is 0.368 e. The van der Waals surface area contributed by atoms with Crippen molar-refractivity contribution in [3.05, 3.63) is 59.7 Å². The Bertz CT molecular complexity index is 890. The fourth-order valence-corrected chi connectivity index (χ4v) is 4.06. The van der Waals surface area contributed by atoms with Crippen LogP contribution >= 0.6 is 0 Å². The first-order valence-electron chi connectivity index (χ1n) is 9.46. The monoisotopic (exact) mass is 380 g/mol. The highest BCUT2D eigenvalue weighted by Crippen LogP contribution is 2.52. The van der Waals surface area contributed by atoms with Gasteiger partial charge in [0.25, 0.3) is 5.91 Å². The summed E-state index contributed by atoms with van der Waals surface area (Å²) in [7, 11) is 0. The number of ether oxygens (including phenoxy) is 1. The SMILES string of the molecule is CC(=O)NC1(C2(OCc3cccc(C)c3)CC2)CN(C(=O)c2cncnc2)C1. The lowest BCUT2D eigenvalue weighted by Gasteiger charge is -2.54. The van der Waals surface area contributed by atoms with E-state index in [1.807, 2.05) is 12.1 Å². The van der Waals surface area contributed by atoms with Crippen LogP contribution in [0.4, 0.5) is 0 Å². The predicted molar refractivity (Wildman–Crippen MR) is 102 cm³/mol.